The van der Waals surface area contributed by atoms with Crippen LogP contribution in [0.3, 0.4) is 0 Å². The first-order valence-corrected chi connectivity index (χ1v) is 8.56. The predicted molar refractivity (Wildman–Crippen MR) is 90.2 cm³/mol. The Morgan fingerprint density at radius 2 is 1.59 bits per heavy atom. The van der Waals surface area contributed by atoms with Gasteiger partial charge in [0.1, 0.15) is 11.3 Å². The van der Waals surface area contributed by atoms with Crippen molar-refractivity contribution < 1.29 is 14.6 Å². The van der Waals surface area contributed by atoms with Gasteiger partial charge in [-0.05, 0) is 24.5 Å². The van der Waals surface area contributed by atoms with Gasteiger partial charge < -0.3 is 9.84 Å². The highest BCUT2D eigenvalue weighted by Gasteiger charge is 2.10. The topological polar surface area (TPSA) is 46.5 Å². The Morgan fingerprint density at radius 3 is 2.23 bits per heavy atom. The maximum Gasteiger partial charge on any atom is 0.341 e. The summed E-state index contributed by atoms with van der Waals surface area (Å²) in [5.41, 5.74) is 0.243. The maximum atomic E-state index is 11.7. The molecule has 1 aromatic carbocycles. The van der Waals surface area contributed by atoms with Gasteiger partial charge in [-0.3, -0.25) is 0 Å². The number of unbranched alkanes of at least 4 members (excludes halogenated alkanes) is 6. The number of phenolic OH excluding ortho intramolecular Hbond substituents is 1. The molecule has 0 aliphatic rings. The molecule has 22 heavy (non-hydrogen) atoms. The summed E-state index contributed by atoms with van der Waals surface area (Å²) < 4.78 is 5.18. The summed E-state index contributed by atoms with van der Waals surface area (Å²) >= 11 is 0. The lowest BCUT2D eigenvalue weighted by molar-refractivity contribution is 0.0494. The average Bonchev–Trinajstić information content (AvgIpc) is 2.49. The maximum absolute atomic E-state index is 11.7. The van der Waals surface area contributed by atoms with E-state index in [9.17, 15) is 9.90 Å². The van der Waals surface area contributed by atoms with E-state index in [0.29, 0.717) is 6.61 Å². The third-order valence-electron chi connectivity index (χ3n) is 3.78. The van der Waals surface area contributed by atoms with Gasteiger partial charge in [0, 0.05) is 0 Å². The zero-order chi connectivity index (χ0) is 16.2. The van der Waals surface area contributed by atoms with Gasteiger partial charge in [0.15, 0.2) is 0 Å². The van der Waals surface area contributed by atoms with Gasteiger partial charge in [-0.1, -0.05) is 70.9 Å². The van der Waals surface area contributed by atoms with Gasteiger partial charge in [-0.2, -0.15) is 0 Å². The molecule has 0 radical (unpaired) electrons. The lowest BCUT2D eigenvalue weighted by Crippen LogP contribution is -2.06. The molecule has 1 aromatic rings. The molecule has 1 rings (SSSR count). The standard InChI is InChI=1S/C19H30O3/c1-16(2)12-8-6-4-3-5-7-11-15-22-19(21)17-13-9-10-14-18(17)20/h9-10,13-14,16,20H,3-8,11-12,15H2,1-2H3. The number of hydrogen-bond donors (Lipinski definition) is 1. The molecule has 0 heterocycles. The van der Waals surface area contributed by atoms with E-state index in [-0.39, 0.29) is 11.3 Å². The van der Waals surface area contributed by atoms with E-state index < -0.39 is 5.97 Å². The zero-order valence-corrected chi connectivity index (χ0v) is 14.0. The van der Waals surface area contributed by atoms with Crippen LogP contribution < -0.4 is 0 Å². The monoisotopic (exact) mass is 306 g/mol. The second-order valence-corrected chi connectivity index (χ2v) is 6.31. The highest BCUT2D eigenvalue weighted by atomic mass is 16.5. The van der Waals surface area contributed by atoms with Crippen LogP contribution in [0, 0.1) is 5.92 Å². The molecule has 0 bridgehead atoms. The smallest absolute Gasteiger partial charge is 0.341 e. The van der Waals surface area contributed by atoms with Crippen molar-refractivity contribution >= 4 is 5.97 Å². The van der Waals surface area contributed by atoms with Crippen LogP contribution in [0.15, 0.2) is 24.3 Å². The molecule has 3 nitrogen and oxygen atoms in total. The quantitative estimate of drug-likeness (QED) is 0.444. The van der Waals surface area contributed by atoms with Crippen molar-refractivity contribution in [3.8, 4) is 5.75 Å². The fourth-order valence-corrected chi connectivity index (χ4v) is 2.43. The third kappa shape index (κ3) is 8.06. The highest BCUT2D eigenvalue weighted by molar-refractivity contribution is 5.92. The van der Waals surface area contributed by atoms with Crippen LogP contribution in [-0.4, -0.2) is 17.7 Å². The molecule has 0 aliphatic heterocycles. The van der Waals surface area contributed by atoms with Crippen LogP contribution in [0.4, 0.5) is 0 Å². The molecular formula is C19H30O3. The van der Waals surface area contributed by atoms with E-state index in [1.54, 1.807) is 18.2 Å². The van der Waals surface area contributed by atoms with E-state index in [2.05, 4.69) is 13.8 Å². The molecule has 0 saturated carbocycles. The van der Waals surface area contributed by atoms with E-state index >= 15 is 0 Å². The largest absolute Gasteiger partial charge is 0.507 e. The molecule has 0 unspecified atom stereocenters. The van der Waals surface area contributed by atoms with Gasteiger partial charge in [-0.15, -0.1) is 0 Å². The average molecular weight is 306 g/mol. The summed E-state index contributed by atoms with van der Waals surface area (Å²) in [5, 5.41) is 9.56. The first-order chi connectivity index (χ1) is 10.6. The predicted octanol–water partition coefficient (Wildman–Crippen LogP) is 5.33. The molecule has 3 heteroatoms. The van der Waals surface area contributed by atoms with Crippen molar-refractivity contribution in [2.75, 3.05) is 6.61 Å². The number of carbonyl (C=O) groups is 1. The van der Waals surface area contributed by atoms with E-state index in [1.165, 1.54) is 44.6 Å². The highest BCUT2D eigenvalue weighted by Crippen LogP contribution is 2.17. The van der Waals surface area contributed by atoms with Crippen LogP contribution in [0.5, 0.6) is 5.75 Å². The molecule has 1 N–H and O–H groups in total. The number of aromatic hydroxyl groups is 1. The normalized spacial score (nSPS) is 10.9. The molecule has 0 aromatic heterocycles. The summed E-state index contributed by atoms with van der Waals surface area (Å²) in [6, 6.07) is 6.48. The summed E-state index contributed by atoms with van der Waals surface area (Å²) in [5.74, 6) is 0.361. The lowest BCUT2D eigenvalue weighted by atomic mass is 10.0. The second-order valence-electron chi connectivity index (χ2n) is 6.31. The van der Waals surface area contributed by atoms with Crippen LogP contribution in [0.2, 0.25) is 0 Å². The van der Waals surface area contributed by atoms with Gasteiger partial charge in [0.25, 0.3) is 0 Å². The van der Waals surface area contributed by atoms with Crippen LogP contribution in [-0.2, 0) is 4.74 Å². The van der Waals surface area contributed by atoms with Crippen molar-refractivity contribution in [2.24, 2.45) is 5.92 Å². The number of phenols is 1. The van der Waals surface area contributed by atoms with E-state index in [4.69, 9.17) is 4.74 Å². The number of carbonyl (C=O) groups excluding carboxylic acids is 1. The van der Waals surface area contributed by atoms with Crippen LogP contribution in [0.1, 0.15) is 75.6 Å². The summed E-state index contributed by atoms with van der Waals surface area (Å²) in [6.45, 7) is 4.98. The Balaban J connectivity index is 1.98. The Labute approximate surface area is 134 Å². The number of benzene rings is 1. The van der Waals surface area contributed by atoms with Gasteiger partial charge in [0.05, 0.1) is 6.61 Å². The SMILES string of the molecule is CC(C)CCCCCCCCCOC(=O)c1ccccc1O. The van der Waals surface area contributed by atoms with Crippen molar-refractivity contribution in [1.82, 2.24) is 0 Å². The summed E-state index contributed by atoms with van der Waals surface area (Å²) in [4.78, 5) is 11.7. The third-order valence-corrected chi connectivity index (χ3v) is 3.78. The molecule has 0 spiro atoms. The fourth-order valence-electron chi connectivity index (χ4n) is 2.43. The van der Waals surface area contributed by atoms with E-state index in [1.807, 2.05) is 0 Å². The molecule has 124 valence electrons. The number of hydrogen-bond acceptors (Lipinski definition) is 3. The van der Waals surface area contributed by atoms with Gasteiger partial charge in [-0.25, -0.2) is 4.79 Å². The van der Waals surface area contributed by atoms with Crippen molar-refractivity contribution in [3.05, 3.63) is 29.8 Å². The van der Waals surface area contributed by atoms with Gasteiger partial charge >= 0.3 is 5.97 Å². The number of rotatable bonds is 11. The minimum atomic E-state index is -0.438. The molecular weight excluding hydrogens is 276 g/mol. The van der Waals surface area contributed by atoms with E-state index in [0.717, 1.165) is 18.8 Å². The molecule has 0 fully saturated rings. The minimum Gasteiger partial charge on any atom is -0.507 e. The Kier molecular flexibility index (Phi) is 9.36. The summed E-state index contributed by atoms with van der Waals surface area (Å²) in [6.07, 6.45) is 9.79. The van der Waals surface area contributed by atoms with Crippen molar-refractivity contribution in [3.63, 3.8) is 0 Å². The van der Waals surface area contributed by atoms with Crippen molar-refractivity contribution in [1.29, 1.82) is 0 Å². The Hall–Kier alpha value is -1.51. The first-order valence-electron chi connectivity index (χ1n) is 8.56. The first kappa shape index (κ1) is 18.5. The number of para-hydroxylation sites is 1. The number of ether oxygens (including phenoxy) is 1. The zero-order valence-electron chi connectivity index (χ0n) is 14.0. The number of esters is 1. The minimum absolute atomic E-state index is 0.0195. The molecule has 0 saturated heterocycles. The van der Waals surface area contributed by atoms with Crippen molar-refractivity contribution in [2.45, 2.75) is 65.2 Å². The molecule has 0 atom stereocenters. The summed E-state index contributed by atoms with van der Waals surface area (Å²) in [7, 11) is 0. The lowest BCUT2D eigenvalue weighted by Gasteiger charge is -2.06. The van der Waals surface area contributed by atoms with Gasteiger partial charge in [0.2, 0.25) is 0 Å². The molecule has 0 aliphatic carbocycles. The fraction of sp³-hybridized carbons (Fsp3) is 0.632. The van der Waals surface area contributed by atoms with Crippen LogP contribution >= 0.6 is 0 Å². The Morgan fingerprint density at radius 1 is 1.00 bits per heavy atom. The Bertz CT molecular complexity index is 426. The molecule has 0 amide bonds. The van der Waals surface area contributed by atoms with Crippen LogP contribution in [0.25, 0.3) is 0 Å². The second kappa shape index (κ2) is 11.1.